The van der Waals surface area contributed by atoms with Crippen LogP contribution in [0.2, 0.25) is 0 Å². The van der Waals surface area contributed by atoms with Crippen molar-refractivity contribution in [2.24, 2.45) is 10.1 Å². The summed E-state index contributed by atoms with van der Waals surface area (Å²) in [6, 6.07) is 9.48. The summed E-state index contributed by atoms with van der Waals surface area (Å²) in [5.41, 5.74) is 0.734. The van der Waals surface area contributed by atoms with E-state index in [4.69, 9.17) is 5.14 Å². The Morgan fingerprint density at radius 2 is 2.17 bits per heavy atom. The molecule has 1 saturated heterocycles. The van der Waals surface area contributed by atoms with Crippen LogP contribution in [0.4, 0.5) is 10.2 Å². The van der Waals surface area contributed by atoms with Gasteiger partial charge in [-0.15, -0.1) is 24.0 Å². The topological polar surface area (TPSA) is 113 Å². The first-order valence-corrected chi connectivity index (χ1v) is 10.9. The molecule has 0 radical (unpaired) electrons. The molecule has 1 aliphatic rings. The average molecular weight is 548 g/mol. The Balaban J connectivity index is 0.00000320. The normalized spacial score (nSPS) is 16.8. The largest absolute Gasteiger partial charge is 0.357 e. The van der Waals surface area contributed by atoms with Crippen molar-refractivity contribution < 1.29 is 12.8 Å². The average Bonchev–Trinajstić information content (AvgIpc) is 3.14. The quantitative estimate of drug-likeness (QED) is 0.289. The fourth-order valence-electron chi connectivity index (χ4n) is 3.19. The molecule has 164 valence electrons. The summed E-state index contributed by atoms with van der Waals surface area (Å²) in [6.45, 7) is 4.24. The maximum Gasteiger partial charge on any atom is 0.238 e. The van der Waals surface area contributed by atoms with E-state index in [0.717, 1.165) is 12.0 Å². The van der Waals surface area contributed by atoms with Gasteiger partial charge in [0.25, 0.3) is 0 Å². The van der Waals surface area contributed by atoms with Gasteiger partial charge >= 0.3 is 0 Å². The van der Waals surface area contributed by atoms with E-state index in [1.165, 1.54) is 18.2 Å². The Morgan fingerprint density at radius 3 is 2.87 bits per heavy atom. The van der Waals surface area contributed by atoms with E-state index >= 15 is 0 Å². The number of hydrogen-bond donors (Lipinski definition) is 3. The van der Waals surface area contributed by atoms with Crippen LogP contribution in [-0.4, -0.2) is 45.0 Å². The van der Waals surface area contributed by atoms with Gasteiger partial charge in [0.2, 0.25) is 10.0 Å². The molecular formula is C19H26FIN6O2S. The van der Waals surface area contributed by atoms with Crippen molar-refractivity contribution in [1.82, 2.24) is 15.6 Å². The highest BCUT2D eigenvalue weighted by atomic mass is 127. The molecule has 0 spiro atoms. The van der Waals surface area contributed by atoms with E-state index in [9.17, 15) is 12.8 Å². The molecule has 0 bridgehead atoms. The van der Waals surface area contributed by atoms with Crippen LogP contribution < -0.4 is 20.7 Å². The Kier molecular flexibility index (Phi) is 8.79. The fourth-order valence-corrected chi connectivity index (χ4v) is 3.77. The number of primary sulfonamides is 1. The summed E-state index contributed by atoms with van der Waals surface area (Å²) >= 11 is 0. The Bertz CT molecular complexity index is 988. The number of nitrogens with two attached hydrogens (primary N) is 1. The monoisotopic (exact) mass is 548 g/mol. The number of aliphatic imine (C=N–C) groups is 1. The Morgan fingerprint density at radius 1 is 1.37 bits per heavy atom. The van der Waals surface area contributed by atoms with Crippen LogP contribution in [0.3, 0.4) is 0 Å². The fraction of sp³-hybridized carbons (Fsp3) is 0.368. The molecule has 1 atom stereocenters. The summed E-state index contributed by atoms with van der Waals surface area (Å²) in [5, 5.41) is 11.7. The number of nitrogens with zero attached hydrogens (tertiary/aromatic N) is 3. The number of pyridine rings is 1. The molecule has 11 heteroatoms. The van der Waals surface area contributed by atoms with E-state index in [2.05, 4.69) is 20.6 Å². The predicted molar refractivity (Wildman–Crippen MR) is 126 cm³/mol. The first-order chi connectivity index (χ1) is 13.9. The van der Waals surface area contributed by atoms with Crippen molar-refractivity contribution in [1.29, 1.82) is 0 Å². The summed E-state index contributed by atoms with van der Waals surface area (Å²) in [7, 11) is -3.75. The van der Waals surface area contributed by atoms with Gasteiger partial charge < -0.3 is 15.5 Å². The number of anilines is 1. The lowest BCUT2D eigenvalue weighted by molar-refractivity contribution is 0.597. The van der Waals surface area contributed by atoms with E-state index < -0.39 is 10.0 Å². The molecule has 3 rings (SSSR count). The Labute approximate surface area is 193 Å². The number of hydrogen-bond acceptors (Lipinski definition) is 5. The molecule has 30 heavy (non-hydrogen) atoms. The second kappa shape index (κ2) is 10.9. The molecule has 1 aromatic carbocycles. The lowest BCUT2D eigenvalue weighted by atomic mass is 10.2. The zero-order chi connectivity index (χ0) is 20.9. The molecule has 0 saturated carbocycles. The summed E-state index contributed by atoms with van der Waals surface area (Å²) < 4.78 is 37.0. The second-order valence-electron chi connectivity index (χ2n) is 6.77. The minimum Gasteiger partial charge on any atom is -0.357 e. The van der Waals surface area contributed by atoms with E-state index in [-0.39, 0.29) is 40.7 Å². The maximum atomic E-state index is 14.0. The van der Waals surface area contributed by atoms with Gasteiger partial charge in [0, 0.05) is 31.9 Å². The lowest BCUT2D eigenvalue weighted by Crippen LogP contribution is -2.44. The number of rotatable bonds is 6. The molecule has 1 aliphatic heterocycles. The highest BCUT2D eigenvalue weighted by molar-refractivity contribution is 14.0. The molecule has 0 amide bonds. The summed E-state index contributed by atoms with van der Waals surface area (Å²) in [4.78, 5) is 10.6. The smallest absolute Gasteiger partial charge is 0.238 e. The van der Waals surface area contributed by atoms with Gasteiger partial charge in [-0.2, -0.15) is 0 Å². The van der Waals surface area contributed by atoms with Crippen LogP contribution in [-0.2, 0) is 16.6 Å². The lowest BCUT2D eigenvalue weighted by Gasteiger charge is -2.20. The van der Waals surface area contributed by atoms with Crippen LogP contribution in [0, 0.1) is 5.82 Å². The molecule has 1 aromatic heterocycles. The van der Waals surface area contributed by atoms with Crippen LogP contribution in [0.25, 0.3) is 0 Å². The minimum atomic E-state index is -3.75. The van der Waals surface area contributed by atoms with Crippen LogP contribution in [0.5, 0.6) is 0 Å². The minimum absolute atomic E-state index is 0. The van der Waals surface area contributed by atoms with Crippen molar-refractivity contribution in [2.75, 3.05) is 24.5 Å². The number of halogens is 2. The van der Waals surface area contributed by atoms with Gasteiger partial charge in [0.1, 0.15) is 0 Å². The van der Waals surface area contributed by atoms with Crippen molar-refractivity contribution in [2.45, 2.75) is 30.8 Å². The van der Waals surface area contributed by atoms with Gasteiger partial charge in [-0.05, 0) is 43.2 Å². The van der Waals surface area contributed by atoms with Gasteiger partial charge in [-0.25, -0.2) is 27.9 Å². The number of aromatic nitrogens is 1. The molecule has 4 N–H and O–H groups in total. The first kappa shape index (κ1) is 24.3. The van der Waals surface area contributed by atoms with Gasteiger partial charge in [0.05, 0.1) is 11.4 Å². The number of benzene rings is 1. The highest BCUT2D eigenvalue weighted by Gasteiger charge is 2.25. The third-order valence-corrected chi connectivity index (χ3v) is 5.47. The maximum absolute atomic E-state index is 14.0. The number of nitrogens with one attached hydrogen (secondary N) is 2. The van der Waals surface area contributed by atoms with Crippen LogP contribution >= 0.6 is 24.0 Å². The predicted octanol–water partition coefficient (Wildman–Crippen LogP) is 1.82. The Hall–Kier alpha value is -1.99. The van der Waals surface area contributed by atoms with Gasteiger partial charge in [-0.3, -0.25) is 0 Å². The molecule has 2 heterocycles. The summed E-state index contributed by atoms with van der Waals surface area (Å²) in [5.74, 6) is 0.642. The van der Waals surface area contributed by atoms with Gasteiger partial charge in [0.15, 0.2) is 17.6 Å². The second-order valence-corrected chi connectivity index (χ2v) is 8.33. The molecular weight excluding hydrogens is 522 g/mol. The van der Waals surface area contributed by atoms with Crippen molar-refractivity contribution in [3.63, 3.8) is 0 Å². The molecule has 0 aliphatic carbocycles. The third kappa shape index (κ3) is 6.51. The third-order valence-electron chi connectivity index (χ3n) is 4.56. The molecule has 1 fully saturated rings. The summed E-state index contributed by atoms with van der Waals surface area (Å²) in [6.07, 6.45) is 2.40. The van der Waals surface area contributed by atoms with Gasteiger partial charge in [-0.1, -0.05) is 12.1 Å². The molecule has 1 unspecified atom stereocenters. The van der Waals surface area contributed by atoms with E-state index in [1.807, 2.05) is 11.8 Å². The highest BCUT2D eigenvalue weighted by Crippen LogP contribution is 2.20. The van der Waals surface area contributed by atoms with Crippen molar-refractivity contribution in [3.8, 4) is 0 Å². The number of guanidine groups is 1. The van der Waals surface area contributed by atoms with Crippen LogP contribution in [0.1, 0.15) is 18.9 Å². The van der Waals surface area contributed by atoms with E-state index in [1.54, 1.807) is 24.4 Å². The molecule has 8 nitrogen and oxygen atoms in total. The number of sulfonamides is 1. The first-order valence-electron chi connectivity index (χ1n) is 9.39. The standard InChI is InChI=1S/C19H25FN6O2S.HI/c1-2-22-19(24-12-14-5-3-6-16(11-14)29(21,27)28)25-15-8-10-26(13-15)18-17(20)7-4-9-23-18;/h3-7,9,11,15H,2,8,10,12-13H2,1H3,(H2,21,27,28)(H2,22,24,25);1H. The van der Waals surface area contributed by atoms with Crippen molar-refractivity contribution in [3.05, 3.63) is 54.0 Å². The zero-order valence-electron chi connectivity index (χ0n) is 16.6. The molecule has 2 aromatic rings. The zero-order valence-corrected chi connectivity index (χ0v) is 19.7. The van der Waals surface area contributed by atoms with Crippen LogP contribution in [0.15, 0.2) is 52.5 Å². The SMILES string of the molecule is CCNC(=NCc1cccc(S(N)(=O)=O)c1)NC1CCN(c2ncccc2F)C1.I. The van der Waals surface area contributed by atoms with Crippen molar-refractivity contribution >= 4 is 45.8 Å². The van der Waals surface area contributed by atoms with E-state index in [0.29, 0.717) is 38.0 Å².